The number of hydrogen-bond donors (Lipinski definition) is 0. The number of aryl methyl sites for hydroxylation is 2. The minimum atomic E-state index is -0.000511. The molecule has 0 amide bonds. The first-order valence-electron chi connectivity index (χ1n) is 7.37. The SMILES string of the molecule is COc1ccc(CCC(=O)C2CCc3cccnc32)cc1. The molecule has 3 nitrogen and oxygen atoms in total. The number of ether oxygens (including phenoxy) is 1. The van der Waals surface area contributed by atoms with E-state index >= 15 is 0 Å². The molecule has 21 heavy (non-hydrogen) atoms. The van der Waals surface area contributed by atoms with Crippen LogP contribution in [0.1, 0.15) is 35.6 Å². The van der Waals surface area contributed by atoms with Gasteiger partial charge in [0.25, 0.3) is 0 Å². The van der Waals surface area contributed by atoms with Crippen LogP contribution in [0.25, 0.3) is 0 Å². The largest absolute Gasteiger partial charge is 0.497 e. The molecule has 1 aliphatic rings. The molecule has 1 aromatic heterocycles. The highest BCUT2D eigenvalue weighted by Crippen LogP contribution is 2.32. The van der Waals surface area contributed by atoms with Crippen molar-refractivity contribution in [2.75, 3.05) is 7.11 Å². The summed E-state index contributed by atoms with van der Waals surface area (Å²) in [6, 6.07) is 11.9. The second-order valence-electron chi connectivity index (χ2n) is 5.45. The lowest BCUT2D eigenvalue weighted by molar-refractivity contribution is -0.120. The second kappa shape index (κ2) is 6.08. The minimum Gasteiger partial charge on any atom is -0.497 e. The van der Waals surface area contributed by atoms with Gasteiger partial charge < -0.3 is 4.74 Å². The molecule has 0 bridgehead atoms. The number of rotatable bonds is 5. The lowest BCUT2D eigenvalue weighted by Gasteiger charge is -2.09. The van der Waals surface area contributed by atoms with Gasteiger partial charge in [0, 0.05) is 12.6 Å². The van der Waals surface area contributed by atoms with Crippen LogP contribution in [0, 0.1) is 0 Å². The van der Waals surface area contributed by atoms with Crippen LogP contribution in [0.3, 0.4) is 0 Å². The van der Waals surface area contributed by atoms with Gasteiger partial charge in [-0.2, -0.15) is 0 Å². The van der Waals surface area contributed by atoms with E-state index in [0.717, 1.165) is 30.7 Å². The maximum atomic E-state index is 12.4. The number of ketones is 1. The molecule has 1 aliphatic carbocycles. The molecular formula is C18H19NO2. The lowest BCUT2D eigenvalue weighted by atomic mass is 9.96. The van der Waals surface area contributed by atoms with Gasteiger partial charge in [-0.1, -0.05) is 18.2 Å². The normalized spacial score (nSPS) is 16.5. The molecule has 1 heterocycles. The van der Waals surface area contributed by atoms with Crippen LogP contribution < -0.4 is 4.74 Å². The highest BCUT2D eigenvalue weighted by molar-refractivity contribution is 5.86. The number of pyridine rings is 1. The van der Waals surface area contributed by atoms with E-state index in [1.165, 1.54) is 11.1 Å². The summed E-state index contributed by atoms with van der Waals surface area (Å²) in [5.74, 6) is 1.15. The summed E-state index contributed by atoms with van der Waals surface area (Å²) in [5, 5.41) is 0. The van der Waals surface area contributed by atoms with E-state index in [-0.39, 0.29) is 5.92 Å². The highest BCUT2D eigenvalue weighted by atomic mass is 16.5. The molecule has 0 aliphatic heterocycles. The number of fused-ring (bicyclic) bond motifs is 1. The van der Waals surface area contributed by atoms with Gasteiger partial charge in [-0.3, -0.25) is 9.78 Å². The summed E-state index contributed by atoms with van der Waals surface area (Å²) < 4.78 is 5.14. The molecule has 0 saturated heterocycles. The van der Waals surface area contributed by atoms with Gasteiger partial charge in [0.1, 0.15) is 11.5 Å². The van der Waals surface area contributed by atoms with Crippen LogP contribution in [0.15, 0.2) is 42.6 Å². The van der Waals surface area contributed by atoms with Crippen molar-refractivity contribution in [3.05, 3.63) is 59.4 Å². The Morgan fingerprint density at radius 1 is 1.29 bits per heavy atom. The van der Waals surface area contributed by atoms with Crippen LogP contribution in [-0.2, 0) is 17.6 Å². The van der Waals surface area contributed by atoms with Gasteiger partial charge in [-0.25, -0.2) is 0 Å². The predicted molar refractivity (Wildman–Crippen MR) is 81.6 cm³/mol. The van der Waals surface area contributed by atoms with Crippen molar-refractivity contribution in [2.45, 2.75) is 31.6 Å². The summed E-state index contributed by atoms with van der Waals surface area (Å²) >= 11 is 0. The number of Topliss-reactive ketones (excluding diaryl/α,β-unsaturated/α-hetero) is 1. The molecule has 3 rings (SSSR count). The number of carbonyl (C=O) groups excluding carboxylic acids is 1. The van der Waals surface area contributed by atoms with Crippen molar-refractivity contribution in [1.82, 2.24) is 4.98 Å². The van der Waals surface area contributed by atoms with Crippen LogP contribution in [0.5, 0.6) is 5.75 Å². The Bertz CT molecular complexity index is 634. The van der Waals surface area contributed by atoms with E-state index in [4.69, 9.17) is 4.74 Å². The maximum absolute atomic E-state index is 12.4. The number of benzene rings is 1. The summed E-state index contributed by atoms with van der Waals surface area (Å²) in [6.07, 6.45) is 5.03. The molecule has 108 valence electrons. The predicted octanol–water partition coefficient (Wildman–Crippen LogP) is 3.32. The van der Waals surface area contributed by atoms with Crippen molar-refractivity contribution in [2.24, 2.45) is 0 Å². The molecule has 2 aromatic rings. The van der Waals surface area contributed by atoms with Gasteiger partial charge in [0.15, 0.2) is 0 Å². The third-order valence-corrected chi connectivity index (χ3v) is 4.17. The first-order valence-corrected chi connectivity index (χ1v) is 7.37. The smallest absolute Gasteiger partial charge is 0.142 e. The third kappa shape index (κ3) is 2.97. The van der Waals surface area contributed by atoms with Gasteiger partial charge in [0.05, 0.1) is 18.7 Å². The average molecular weight is 281 g/mol. The van der Waals surface area contributed by atoms with Crippen LogP contribution in [-0.4, -0.2) is 17.9 Å². The Kier molecular flexibility index (Phi) is 4.00. The van der Waals surface area contributed by atoms with E-state index in [0.29, 0.717) is 12.2 Å². The Balaban J connectivity index is 1.62. The van der Waals surface area contributed by atoms with Gasteiger partial charge >= 0.3 is 0 Å². The fourth-order valence-corrected chi connectivity index (χ4v) is 2.96. The molecule has 3 heteroatoms. The zero-order chi connectivity index (χ0) is 14.7. The van der Waals surface area contributed by atoms with Gasteiger partial charge in [-0.15, -0.1) is 0 Å². The molecule has 0 saturated carbocycles. The zero-order valence-electron chi connectivity index (χ0n) is 12.2. The van der Waals surface area contributed by atoms with Crippen molar-refractivity contribution < 1.29 is 9.53 Å². The third-order valence-electron chi connectivity index (χ3n) is 4.17. The van der Waals surface area contributed by atoms with E-state index in [1.54, 1.807) is 13.3 Å². The summed E-state index contributed by atoms with van der Waals surface area (Å²) in [4.78, 5) is 16.8. The maximum Gasteiger partial charge on any atom is 0.142 e. The Labute approximate surface area is 125 Å². The lowest BCUT2D eigenvalue weighted by Crippen LogP contribution is -2.11. The van der Waals surface area contributed by atoms with E-state index < -0.39 is 0 Å². The van der Waals surface area contributed by atoms with Crippen molar-refractivity contribution >= 4 is 5.78 Å². The number of methoxy groups -OCH3 is 1. The van der Waals surface area contributed by atoms with Crippen LogP contribution >= 0.6 is 0 Å². The van der Waals surface area contributed by atoms with Crippen molar-refractivity contribution in [1.29, 1.82) is 0 Å². The number of hydrogen-bond acceptors (Lipinski definition) is 3. The monoisotopic (exact) mass is 281 g/mol. The van der Waals surface area contributed by atoms with Gasteiger partial charge in [0.2, 0.25) is 0 Å². The number of carbonyl (C=O) groups is 1. The Morgan fingerprint density at radius 3 is 2.86 bits per heavy atom. The zero-order valence-corrected chi connectivity index (χ0v) is 12.2. The summed E-state index contributed by atoms with van der Waals surface area (Å²) in [6.45, 7) is 0. The van der Waals surface area contributed by atoms with E-state index in [2.05, 4.69) is 11.1 Å². The first-order chi connectivity index (χ1) is 10.3. The molecular weight excluding hydrogens is 262 g/mol. The summed E-state index contributed by atoms with van der Waals surface area (Å²) in [5.41, 5.74) is 3.40. The molecule has 1 atom stereocenters. The molecule has 1 aromatic carbocycles. The van der Waals surface area contributed by atoms with Crippen molar-refractivity contribution in [3.8, 4) is 5.75 Å². The quantitative estimate of drug-likeness (QED) is 0.844. The van der Waals surface area contributed by atoms with Crippen LogP contribution in [0.2, 0.25) is 0 Å². The van der Waals surface area contributed by atoms with Crippen molar-refractivity contribution in [3.63, 3.8) is 0 Å². The second-order valence-corrected chi connectivity index (χ2v) is 5.45. The van der Waals surface area contributed by atoms with E-state index in [1.807, 2.05) is 30.3 Å². The molecule has 1 unspecified atom stereocenters. The standard InChI is InChI=1S/C18H19NO2/c1-21-15-8-4-13(5-9-15)6-11-17(20)16-10-7-14-3-2-12-19-18(14)16/h2-5,8-9,12,16H,6-7,10-11H2,1H3. The van der Waals surface area contributed by atoms with E-state index in [9.17, 15) is 4.79 Å². The fourth-order valence-electron chi connectivity index (χ4n) is 2.96. The molecule has 0 radical (unpaired) electrons. The molecule has 0 N–H and O–H groups in total. The molecule has 0 spiro atoms. The van der Waals surface area contributed by atoms with Gasteiger partial charge in [-0.05, 0) is 48.6 Å². The Hall–Kier alpha value is -2.16. The number of aromatic nitrogens is 1. The van der Waals surface area contributed by atoms with Crippen LogP contribution in [0.4, 0.5) is 0 Å². The Morgan fingerprint density at radius 2 is 2.10 bits per heavy atom. The topological polar surface area (TPSA) is 39.2 Å². The first kappa shape index (κ1) is 13.8. The summed E-state index contributed by atoms with van der Waals surface area (Å²) in [7, 11) is 1.66. The average Bonchev–Trinajstić information content (AvgIpc) is 2.97. The highest BCUT2D eigenvalue weighted by Gasteiger charge is 2.28. The fraction of sp³-hybridized carbons (Fsp3) is 0.333. The minimum absolute atomic E-state index is 0.000511. The number of nitrogens with zero attached hydrogens (tertiary/aromatic N) is 1. The molecule has 0 fully saturated rings.